The molecule has 0 heterocycles. The van der Waals surface area contributed by atoms with Gasteiger partial charge >= 0.3 is 12.0 Å². The number of hydrogen-bond donors (Lipinski definition) is 3. The van der Waals surface area contributed by atoms with Crippen LogP contribution in [0.5, 0.6) is 0 Å². The van der Waals surface area contributed by atoms with Gasteiger partial charge in [0.15, 0.2) is 0 Å². The van der Waals surface area contributed by atoms with Gasteiger partial charge in [-0.15, -0.1) is 0 Å². The molecule has 0 atom stereocenters. The van der Waals surface area contributed by atoms with Crippen molar-refractivity contribution in [2.24, 2.45) is 0 Å². The third-order valence-electron chi connectivity index (χ3n) is 3.82. The van der Waals surface area contributed by atoms with Gasteiger partial charge in [0.05, 0.1) is 12.0 Å². The van der Waals surface area contributed by atoms with Crippen LogP contribution in [-0.4, -0.2) is 22.6 Å². The number of aliphatic carboxylic acids is 1. The molecule has 1 fully saturated rings. The maximum atomic E-state index is 12.1. The van der Waals surface area contributed by atoms with Gasteiger partial charge in [-0.2, -0.15) is 0 Å². The first-order valence-corrected chi connectivity index (χ1v) is 6.87. The van der Waals surface area contributed by atoms with E-state index in [0.717, 1.165) is 36.9 Å². The highest BCUT2D eigenvalue weighted by atomic mass is 16.4. The minimum Gasteiger partial charge on any atom is -0.481 e. The van der Waals surface area contributed by atoms with Crippen LogP contribution in [0, 0.1) is 6.92 Å². The molecule has 2 amide bonds. The van der Waals surface area contributed by atoms with E-state index in [1.807, 2.05) is 31.2 Å². The number of amides is 2. The predicted octanol–water partition coefficient (Wildman–Crippen LogP) is 2.90. The van der Waals surface area contributed by atoms with Crippen LogP contribution in [0.4, 0.5) is 10.5 Å². The summed E-state index contributed by atoms with van der Waals surface area (Å²) in [5.74, 6) is -0.872. The van der Waals surface area contributed by atoms with E-state index in [4.69, 9.17) is 5.11 Å². The molecule has 0 radical (unpaired) electrons. The number of nitrogens with one attached hydrogen (secondary N) is 2. The van der Waals surface area contributed by atoms with Gasteiger partial charge in [-0.3, -0.25) is 4.79 Å². The summed E-state index contributed by atoms with van der Waals surface area (Å²) in [6, 6.07) is 7.17. The molecule has 0 unspecified atom stereocenters. The largest absolute Gasteiger partial charge is 0.481 e. The topological polar surface area (TPSA) is 78.4 Å². The van der Waals surface area contributed by atoms with E-state index in [2.05, 4.69) is 10.6 Å². The second kappa shape index (κ2) is 5.94. The molecular weight excluding hydrogens is 256 g/mol. The van der Waals surface area contributed by atoms with Crippen molar-refractivity contribution in [2.75, 3.05) is 5.32 Å². The van der Waals surface area contributed by atoms with Gasteiger partial charge in [-0.1, -0.05) is 31.0 Å². The van der Waals surface area contributed by atoms with Crippen LogP contribution in [-0.2, 0) is 4.79 Å². The van der Waals surface area contributed by atoms with Crippen LogP contribution in [0.25, 0.3) is 0 Å². The molecule has 0 spiro atoms. The second-order valence-corrected chi connectivity index (χ2v) is 5.45. The average molecular weight is 276 g/mol. The Bertz CT molecular complexity index is 508. The monoisotopic (exact) mass is 276 g/mol. The first-order chi connectivity index (χ1) is 9.51. The SMILES string of the molecule is Cc1ccccc1NC(=O)NC1(CC(=O)O)CCCC1. The molecule has 5 nitrogen and oxygen atoms in total. The number of anilines is 1. The minimum absolute atomic E-state index is 0.0197. The summed E-state index contributed by atoms with van der Waals surface area (Å²) in [5, 5.41) is 14.7. The first kappa shape index (κ1) is 14.4. The van der Waals surface area contributed by atoms with Crippen LogP contribution in [0.1, 0.15) is 37.7 Å². The van der Waals surface area contributed by atoms with Crippen LogP contribution >= 0.6 is 0 Å². The van der Waals surface area contributed by atoms with E-state index >= 15 is 0 Å². The molecule has 1 aliphatic rings. The Labute approximate surface area is 118 Å². The van der Waals surface area contributed by atoms with Crippen molar-refractivity contribution >= 4 is 17.7 Å². The summed E-state index contributed by atoms with van der Waals surface area (Å²) in [7, 11) is 0. The molecule has 108 valence electrons. The maximum absolute atomic E-state index is 12.1. The minimum atomic E-state index is -0.872. The molecule has 0 aromatic heterocycles. The van der Waals surface area contributed by atoms with Gasteiger partial charge in [0.2, 0.25) is 0 Å². The summed E-state index contributed by atoms with van der Waals surface area (Å²) >= 11 is 0. The lowest BCUT2D eigenvalue weighted by Crippen LogP contribution is -2.49. The molecule has 5 heteroatoms. The number of carbonyl (C=O) groups is 2. The van der Waals surface area contributed by atoms with Gasteiger partial charge in [0, 0.05) is 5.69 Å². The van der Waals surface area contributed by atoms with E-state index in [9.17, 15) is 9.59 Å². The fourth-order valence-electron chi connectivity index (χ4n) is 2.79. The number of benzene rings is 1. The highest BCUT2D eigenvalue weighted by Crippen LogP contribution is 2.32. The standard InChI is InChI=1S/C15H20N2O3/c1-11-6-2-3-7-12(11)16-14(20)17-15(10-13(18)19)8-4-5-9-15/h2-3,6-7H,4-5,8-10H2,1H3,(H,18,19)(H2,16,17,20). The summed E-state index contributed by atoms with van der Waals surface area (Å²) in [6.45, 7) is 1.91. The third kappa shape index (κ3) is 3.50. The number of urea groups is 1. The van der Waals surface area contributed by atoms with Crippen molar-refractivity contribution in [3.05, 3.63) is 29.8 Å². The zero-order chi connectivity index (χ0) is 14.6. The average Bonchev–Trinajstić information content (AvgIpc) is 2.79. The zero-order valence-corrected chi connectivity index (χ0v) is 11.6. The molecule has 1 aromatic rings. The van der Waals surface area contributed by atoms with Crippen LogP contribution in [0.3, 0.4) is 0 Å². The van der Waals surface area contributed by atoms with Crippen molar-refractivity contribution in [1.29, 1.82) is 0 Å². The van der Waals surface area contributed by atoms with Crippen molar-refractivity contribution < 1.29 is 14.7 Å². The van der Waals surface area contributed by atoms with Gasteiger partial charge in [-0.25, -0.2) is 4.79 Å². The van der Waals surface area contributed by atoms with Crippen molar-refractivity contribution in [3.63, 3.8) is 0 Å². The normalized spacial score (nSPS) is 16.6. The quantitative estimate of drug-likeness (QED) is 0.791. The van der Waals surface area contributed by atoms with E-state index in [1.54, 1.807) is 0 Å². The lowest BCUT2D eigenvalue weighted by molar-refractivity contribution is -0.138. The lowest BCUT2D eigenvalue weighted by atomic mass is 9.93. The number of rotatable bonds is 4. The van der Waals surface area contributed by atoms with Crippen molar-refractivity contribution in [3.8, 4) is 0 Å². The molecule has 1 aromatic carbocycles. The molecule has 3 N–H and O–H groups in total. The van der Waals surface area contributed by atoms with E-state index < -0.39 is 11.5 Å². The third-order valence-corrected chi connectivity index (χ3v) is 3.82. The summed E-state index contributed by atoms with van der Waals surface area (Å²) < 4.78 is 0. The van der Waals surface area contributed by atoms with Crippen LogP contribution < -0.4 is 10.6 Å². The van der Waals surface area contributed by atoms with Crippen molar-refractivity contribution in [1.82, 2.24) is 5.32 Å². The molecule has 1 aliphatic carbocycles. The van der Waals surface area contributed by atoms with Gasteiger partial charge in [0.1, 0.15) is 0 Å². The van der Waals surface area contributed by atoms with Crippen molar-refractivity contribution in [2.45, 2.75) is 44.6 Å². The Morgan fingerprint density at radius 1 is 1.25 bits per heavy atom. The molecular formula is C15H20N2O3. The number of aryl methyl sites for hydroxylation is 1. The van der Waals surface area contributed by atoms with Gasteiger partial charge in [0.25, 0.3) is 0 Å². The van der Waals surface area contributed by atoms with Crippen LogP contribution in [0.2, 0.25) is 0 Å². The molecule has 1 saturated carbocycles. The second-order valence-electron chi connectivity index (χ2n) is 5.45. The molecule has 2 rings (SSSR count). The Balaban J connectivity index is 2.02. The zero-order valence-electron chi connectivity index (χ0n) is 11.6. The number of carboxylic acid groups (broad SMARTS) is 1. The van der Waals surface area contributed by atoms with Crippen LogP contribution in [0.15, 0.2) is 24.3 Å². The molecule has 0 saturated heterocycles. The summed E-state index contributed by atoms with van der Waals surface area (Å²) in [4.78, 5) is 23.1. The Hall–Kier alpha value is -2.04. The van der Waals surface area contributed by atoms with E-state index in [-0.39, 0.29) is 12.5 Å². The number of carbonyl (C=O) groups excluding carboxylic acids is 1. The predicted molar refractivity (Wildman–Crippen MR) is 76.8 cm³/mol. The van der Waals surface area contributed by atoms with E-state index in [0.29, 0.717) is 0 Å². The number of para-hydroxylation sites is 1. The Morgan fingerprint density at radius 3 is 2.50 bits per heavy atom. The summed E-state index contributed by atoms with van der Waals surface area (Å²) in [6.07, 6.45) is 3.34. The maximum Gasteiger partial charge on any atom is 0.319 e. The van der Waals surface area contributed by atoms with E-state index in [1.165, 1.54) is 0 Å². The molecule has 20 heavy (non-hydrogen) atoms. The molecule has 0 bridgehead atoms. The summed E-state index contributed by atoms with van der Waals surface area (Å²) in [5.41, 5.74) is 1.12. The fraction of sp³-hybridized carbons (Fsp3) is 0.467. The fourth-order valence-corrected chi connectivity index (χ4v) is 2.79. The van der Waals surface area contributed by atoms with Gasteiger partial charge in [-0.05, 0) is 31.4 Å². The number of carboxylic acids is 1. The highest BCUT2D eigenvalue weighted by molar-refractivity contribution is 5.91. The Morgan fingerprint density at radius 2 is 1.90 bits per heavy atom. The smallest absolute Gasteiger partial charge is 0.319 e. The number of hydrogen-bond acceptors (Lipinski definition) is 2. The molecule has 0 aliphatic heterocycles. The van der Waals surface area contributed by atoms with Gasteiger partial charge < -0.3 is 15.7 Å². The lowest BCUT2D eigenvalue weighted by Gasteiger charge is -2.28. The first-order valence-electron chi connectivity index (χ1n) is 6.87. The highest BCUT2D eigenvalue weighted by Gasteiger charge is 2.37. The Kier molecular flexibility index (Phi) is 4.27.